The van der Waals surface area contributed by atoms with E-state index in [1.807, 2.05) is 11.8 Å². The van der Waals surface area contributed by atoms with Gasteiger partial charge in [-0.15, -0.1) is 0 Å². The fraction of sp³-hybridized carbons (Fsp3) is 0.917. The maximum atomic E-state index is 11.2. The highest BCUT2D eigenvalue weighted by Gasteiger charge is 2.41. The van der Waals surface area contributed by atoms with Crippen LogP contribution in [-0.4, -0.2) is 45.8 Å². The van der Waals surface area contributed by atoms with Gasteiger partial charge >= 0.3 is 5.97 Å². The van der Waals surface area contributed by atoms with Gasteiger partial charge in [0.1, 0.15) is 6.04 Å². The molecular formula is C12H21NO3. The van der Waals surface area contributed by atoms with Crippen LogP contribution in [0.15, 0.2) is 0 Å². The molecule has 0 aromatic heterocycles. The lowest BCUT2D eigenvalue weighted by Crippen LogP contribution is -2.47. The van der Waals surface area contributed by atoms with Gasteiger partial charge in [0.25, 0.3) is 0 Å². The first kappa shape index (κ1) is 11.9. The molecule has 92 valence electrons. The van der Waals surface area contributed by atoms with Crippen LogP contribution < -0.4 is 0 Å². The topological polar surface area (TPSA) is 60.8 Å². The standard InChI is InChI=1S/C12H21NO3/c1-9-4-7-13(10(9)11(14)15)8-12(16)5-2-3-6-12/h9-10,16H,2-8H2,1H3,(H,14,15). The number of aliphatic carboxylic acids is 1. The van der Waals surface area contributed by atoms with Crippen molar-refractivity contribution < 1.29 is 15.0 Å². The molecule has 2 unspecified atom stereocenters. The maximum Gasteiger partial charge on any atom is 0.321 e. The molecule has 2 rings (SSSR count). The van der Waals surface area contributed by atoms with Crippen LogP contribution in [-0.2, 0) is 4.79 Å². The van der Waals surface area contributed by atoms with Crippen molar-refractivity contribution in [3.8, 4) is 0 Å². The largest absolute Gasteiger partial charge is 0.480 e. The molecule has 0 amide bonds. The minimum absolute atomic E-state index is 0.197. The van der Waals surface area contributed by atoms with Crippen LogP contribution in [0.5, 0.6) is 0 Å². The van der Waals surface area contributed by atoms with Gasteiger partial charge in [0.15, 0.2) is 0 Å². The number of hydrogen-bond donors (Lipinski definition) is 2. The monoisotopic (exact) mass is 227 g/mol. The molecule has 0 spiro atoms. The molecule has 1 aliphatic heterocycles. The number of β-amino-alcohol motifs (C(OH)–C–C–N with tert-alkyl or cyclic N) is 1. The minimum Gasteiger partial charge on any atom is -0.480 e. The molecule has 1 aliphatic carbocycles. The molecule has 0 aromatic rings. The Labute approximate surface area is 96.3 Å². The summed E-state index contributed by atoms with van der Waals surface area (Å²) in [6.07, 6.45) is 4.71. The number of carbonyl (C=O) groups is 1. The van der Waals surface area contributed by atoms with E-state index in [1.54, 1.807) is 0 Å². The van der Waals surface area contributed by atoms with Crippen LogP contribution in [0.2, 0.25) is 0 Å². The summed E-state index contributed by atoms with van der Waals surface area (Å²) in [6.45, 7) is 3.33. The number of aliphatic hydroxyl groups is 1. The Morgan fingerprint density at radius 1 is 1.44 bits per heavy atom. The van der Waals surface area contributed by atoms with E-state index in [9.17, 15) is 15.0 Å². The lowest BCUT2D eigenvalue weighted by molar-refractivity contribution is -0.144. The van der Waals surface area contributed by atoms with E-state index < -0.39 is 17.6 Å². The third-order valence-corrected chi connectivity index (χ3v) is 4.09. The van der Waals surface area contributed by atoms with Crippen molar-refractivity contribution in [2.45, 2.75) is 50.7 Å². The van der Waals surface area contributed by atoms with Crippen LogP contribution in [0.1, 0.15) is 39.0 Å². The summed E-state index contributed by atoms with van der Waals surface area (Å²) in [5.74, 6) is -0.547. The molecule has 4 nitrogen and oxygen atoms in total. The van der Waals surface area contributed by atoms with Crippen molar-refractivity contribution in [1.82, 2.24) is 4.90 Å². The van der Waals surface area contributed by atoms with E-state index in [0.717, 1.165) is 38.6 Å². The maximum absolute atomic E-state index is 11.2. The van der Waals surface area contributed by atoms with Crippen molar-refractivity contribution in [1.29, 1.82) is 0 Å². The predicted molar refractivity (Wildman–Crippen MR) is 60.2 cm³/mol. The van der Waals surface area contributed by atoms with Gasteiger partial charge in [-0.05, 0) is 31.7 Å². The number of hydrogen-bond acceptors (Lipinski definition) is 3. The van der Waals surface area contributed by atoms with Crippen molar-refractivity contribution in [2.75, 3.05) is 13.1 Å². The zero-order valence-electron chi connectivity index (χ0n) is 9.85. The average molecular weight is 227 g/mol. The van der Waals surface area contributed by atoms with E-state index in [0.29, 0.717) is 6.54 Å². The fourth-order valence-electron chi connectivity index (χ4n) is 3.17. The quantitative estimate of drug-likeness (QED) is 0.757. The molecule has 2 atom stereocenters. The van der Waals surface area contributed by atoms with Crippen LogP contribution in [0, 0.1) is 5.92 Å². The second kappa shape index (κ2) is 4.34. The molecule has 2 fully saturated rings. The Balaban J connectivity index is 2.01. The Hall–Kier alpha value is -0.610. The molecule has 2 N–H and O–H groups in total. The minimum atomic E-state index is -0.744. The summed E-state index contributed by atoms with van der Waals surface area (Å²) in [5.41, 5.74) is -0.627. The van der Waals surface area contributed by atoms with Gasteiger partial charge in [-0.25, -0.2) is 0 Å². The number of carboxylic acids is 1. The molecule has 0 radical (unpaired) electrons. The molecule has 16 heavy (non-hydrogen) atoms. The summed E-state index contributed by atoms with van der Waals surface area (Å²) in [5, 5.41) is 19.5. The van der Waals surface area contributed by atoms with Crippen molar-refractivity contribution >= 4 is 5.97 Å². The summed E-state index contributed by atoms with van der Waals surface area (Å²) in [7, 11) is 0. The molecule has 0 bridgehead atoms. The molecule has 0 aromatic carbocycles. The van der Waals surface area contributed by atoms with E-state index in [-0.39, 0.29) is 5.92 Å². The Kier molecular flexibility index (Phi) is 3.22. The highest BCUT2D eigenvalue weighted by molar-refractivity contribution is 5.74. The third kappa shape index (κ3) is 2.23. The molecule has 2 aliphatic rings. The first-order valence-corrected chi connectivity index (χ1v) is 6.21. The molecule has 1 heterocycles. The highest BCUT2D eigenvalue weighted by atomic mass is 16.4. The second-order valence-electron chi connectivity index (χ2n) is 5.45. The van der Waals surface area contributed by atoms with Gasteiger partial charge in [-0.3, -0.25) is 9.69 Å². The smallest absolute Gasteiger partial charge is 0.321 e. The van der Waals surface area contributed by atoms with Crippen LogP contribution in [0.3, 0.4) is 0 Å². The van der Waals surface area contributed by atoms with E-state index in [1.165, 1.54) is 0 Å². The number of carboxylic acid groups (broad SMARTS) is 1. The van der Waals surface area contributed by atoms with Crippen LogP contribution in [0.4, 0.5) is 0 Å². The van der Waals surface area contributed by atoms with Gasteiger partial charge in [0.2, 0.25) is 0 Å². The van der Waals surface area contributed by atoms with Gasteiger partial charge in [-0.1, -0.05) is 19.8 Å². The highest BCUT2D eigenvalue weighted by Crippen LogP contribution is 2.33. The molecule has 1 saturated carbocycles. The van der Waals surface area contributed by atoms with Gasteiger partial charge in [0, 0.05) is 6.54 Å². The first-order valence-electron chi connectivity index (χ1n) is 6.21. The Morgan fingerprint density at radius 3 is 2.62 bits per heavy atom. The van der Waals surface area contributed by atoms with E-state index in [4.69, 9.17) is 0 Å². The van der Waals surface area contributed by atoms with E-state index >= 15 is 0 Å². The SMILES string of the molecule is CC1CCN(CC2(O)CCCC2)C1C(=O)O. The van der Waals surface area contributed by atoms with E-state index in [2.05, 4.69) is 0 Å². The van der Waals surface area contributed by atoms with Gasteiger partial charge in [-0.2, -0.15) is 0 Å². The Morgan fingerprint density at radius 2 is 2.06 bits per heavy atom. The van der Waals surface area contributed by atoms with Crippen molar-refractivity contribution in [2.24, 2.45) is 5.92 Å². The average Bonchev–Trinajstić information content (AvgIpc) is 2.74. The molecule has 4 heteroatoms. The summed E-state index contributed by atoms with van der Waals surface area (Å²) >= 11 is 0. The molecule has 1 saturated heterocycles. The number of rotatable bonds is 3. The summed E-state index contributed by atoms with van der Waals surface area (Å²) in [6, 6.07) is -0.398. The third-order valence-electron chi connectivity index (χ3n) is 4.09. The normalized spacial score (nSPS) is 34.4. The van der Waals surface area contributed by atoms with Gasteiger partial charge in [0.05, 0.1) is 5.60 Å². The Bertz CT molecular complexity index is 273. The summed E-state index contributed by atoms with van der Waals surface area (Å²) in [4.78, 5) is 13.1. The lowest BCUT2D eigenvalue weighted by atomic mass is 9.99. The summed E-state index contributed by atoms with van der Waals surface area (Å²) < 4.78 is 0. The lowest BCUT2D eigenvalue weighted by Gasteiger charge is -2.31. The second-order valence-corrected chi connectivity index (χ2v) is 5.45. The zero-order chi connectivity index (χ0) is 11.8. The first-order chi connectivity index (χ1) is 7.52. The molecular weight excluding hydrogens is 206 g/mol. The number of likely N-dealkylation sites (tertiary alicyclic amines) is 1. The number of nitrogens with zero attached hydrogens (tertiary/aromatic N) is 1. The van der Waals surface area contributed by atoms with Crippen molar-refractivity contribution in [3.63, 3.8) is 0 Å². The van der Waals surface area contributed by atoms with Crippen molar-refractivity contribution in [3.05, 3.63) is 0 Å². The van der Waals surface area contributed by atoms with Gasteiger partial charge < -0.3 is 10.2 Å². The van der Waals surface area contributed by atoms with Crippen LogP contribution in [0.25, 0.3) is 0 Å². The van der Waals surface area contributed by atoms with Crippen LogP contribution >= 0.6 is 0 Å². The predicted octanol–water partition coefficient (Wildman–Crippen LogP) is 1.09. The zero-order valence-corrected chi connectivity index (χ0v) is 9.85. The fourth-order valence-corrected chi connectivity index (χ4v) is 3.17.